The van der Waals surface area contributed by atoms with Crippen molar-refractivity contribution < 1.29 is 0 Å². The molecule has 0 aliphatic rings. The molecule has 2 aromatic heterocycles. The molecular weight excluding hydrogens is 216 g/mol. The molecule has 0 amide bonds. The zero-order valence-electron chi connectivity index (χ0n) is 7.73. The van der Waals surface area contributed by atoms with Gasteiger partial charge in [-0.25, -0.2) is 4.98 Å². The zero-order valence-corrected chi connectivity index (χ0v) is 9.36. The van der Waals surface area contributed by atoms with Crippen LogP contribution in [0.25, 0.3) is 0 Å². The van der Waals surface area contributed by atoms with Crippen molar-refractivity contribution in [2.24, 2.45) is 0 Å². The molecule has 14 heavy (non-hydrogen) atoms. The number of hydrogen-bond acceptors (Lipinski definition) is 4. The van der Waals surface area contributed by atoms with E-state index in [1.807, 2.05) is 11.5 Å². The molecule has 0 aromatic carbocycles. The number of nitrogens with zero attached hydrogens (tertiary/aromatic N) is 3. The van der Waals surface area contributed by atoms with Gasteiger partial charge in [-0.15, -0.1) is 11.3 Å². The Morgan fingerprint density at radius 2 is 2.50 bits per heavy atom. The lowest BCUT2D eigenvalue weighted by atomic mass is 10.4. The average molecular weight is 226 g/mol. The maximum atomic E-state index is 5.03. The van der Waals surface area contributed by atoms with Crippen LogP contribution < -0.4 is 0 Å². The van der Waals surface area contributed by atoms with E-state index >= 15 is 0 Å². The van der Waals surface area contributed by atoms with E-state index < -0.39 is 0 Å². The van der Waals surface area contributed by atoms with Gasteiger partial charge in [-0.1, -0.05) is 0 Å². The minimum atomic E-state index is 0.665. The first-order valence-electron chi connectivity index (χ1n) is 4.26. The smallest absolute Gasteiger partial charge is 0.194 e. The van der Waals surface area contributed by atoms with Crippen molar-refractivity contribution in [1.29, 1.82) is 0 Å². The van der Waals surface area contributed by atoms with E-state index in [0.717, 1.165) is 23.7 Å². The molecule has 0 fully saturated rings. The molecule has 6 heteroatoms. The van der Waals surface area contributed by atoms with Gasteiger partial charge in [0, 0.05) is 24.0 Å². The van der Waals surface area contributed by atoms with Crippen molar-refractivity contribution in [3.63, 3.8) is 0 Å². The third-order valence-corrected chi connectivity index (χ3v) is 3.20. The molecule has 0 radical (unpaired) electrons. The Hall–Kier alpha value is -1.01. The Bertz CT molecular complexity index is 467. The highest BCUT2D eigenvalue weighted by Crippen LogP contribution is 2.09. The van der Waals surface area contributed by atoms with E-state index in [0.29, 0.717) is 4.77 Å². The lowest BCUT2D eigenvalue weighted by molar-refractivity contribution is 0.682. The second-order valence-corrected chi connectivity index (χ2v) is 4.32. The third kappa shape index (κ3) is 2.08. The van der Waals surface area contributed by atoms with Crippen LogP contribution >= 0.6 is 23.6 Å². The standard InChI is InChI=1S/C8H10N4S2/c1-6-4-14-7(10-6)2-3-12-5-9-11-8(12)13/h4-5H,2-3H2,1H3,(H,11,13). The number of aromatic nitrogens is 4. The van der Waals surface area contributed by atoms with Gasteiger partial charge in [0.1, 0.15) is 6.33 Å². The van der Waals surface area contributed by atoms with E-state index in [1.54, 1.807) is 17.7 Å². The number of rotatable bonds is 3. The van der Waals surface area contributed by atoms with Crippen molar-refractivity contribution in [2.75, 3.05) is 0 Å². The molecule has 0 saturated carbocycles. The second-order valence-electron chi connectivity index (χ2n) is 2.99. The van der Waals surface area contributed by atoms with Crippen LogP contribution in [0.1, 0.15) is 10.7 Å². The molecule has 74 valence electrons. The van der Waals surface area contributed by atoms with Crippen LogP contribution in [0.2, 0.25) is 0 Å². The van der Waals surface area contributed by atoms with Gasteiger partial charge in [0.2, 0.25) is 0 Å². The molecule has 2 heterocycles. The molecule has 2 aromatic rings. The summed E-state index contributed by atoms with van der Waals surface area (Å²) >= 11 is 6.72. The molecule has 0 saturated heterocycles. The Morgan fingerprint density at radius 3 is 3.07 bits per heavy atom. The lowest BCUT2D eigenvalue weighted by Gasteiger charge is -1.97. The summed E-state index contributed by atoms with van der Waals surface area (Å²) in [4.78, 5) is 4.38. The van der Waals surface area contributed by atoms with Crippen LogP contribution in [0, 0.1) is 11.7 Å². The Balaban J connectivity index is 2.01. The summed E-state index contributed by atoms with van der Waals surface area (Å²) in [6.45, 7) is 2.84. The average Bonchev–Trinajstić information content (AvgIpc) is 2.72. The van der Waals surface area contributed by atoms with Crippen LogP contribution in [0.4, 0.5) is 0 Å². The first kappa shape index (κ1) is 9.54. The molecule has 0 unspecified atom stereocenters. The van der Waals surface area contributed by atoms with Gasteiger partial charge in [-0.05, 0) is 19.1 Å². The Kier molecular flexibility index (Phi) is 2.74. The first-order chi connectivity index (χ1) is 6.75. The highest BCUT2D eigenvalue weighted by Gasteiger charge is 1.99. The maximum absolute atomic E-state index is 5.03. The summed E-state index contributed by atoms with van der Waals surface area (Å²) in [7, 11) is 0. The van der Waals surface area contributed by atoms with Gasteiger partial charge in [0.15, 0.2) is 4.77 Å². The van der Waals surface area contributed by atoms with Crippen LogP contribution in [0.3, 0.4) is 0 Å². The summed E-state index contributed by atoms with van der Waals surface area (Å²) in [5, 5.41) is 9.78. The van der Waals surface area contributed by atoms with Gasteiger partial charge in [0.05, 0.1) is 5.01 Å². The molecule has 0 aliphatic carbocycles. The van der Waals surface area contributed by atoms with Crippen LogP contribution in [0.5, 0.6) is 0 Å². The SMILES string of the molecule is Cc1csc(CCn2cn[nH]c2=S)n1. The largest absolute Gasteiger partial charge is 0.306 e. The molecule has 4 nitrogen and oxygen atoms in total. The highest BCUT2D eigenvalue weighted by atomic mass is 32.1. The molecule has 2 rings (SSSR count). The van der Waals surface area contributed by atoms with Crippen molar-refractivity contribution in [1.82, 2.24) is 19.7 Å². The van der Waals surface area contributed by atoms with E-state index in [4.69, 9.17) is 12.2 Å². The monoisotopic (exact) mass is 226 g/mol. The zero-order chi connectivity index (χ0) is 9.97. The van der Waals surface area contributed by atoms with Crippen molar-refractivity contribution in [3.05, 3.63) is 27.2 Å². The second kappa shape index (κ2) is 4.02. The summed E-state index contributed by atoms with van der Waals surface area (Å²) in [6, 6.07) is 0. The Morgan fingerprint density at radius 1 is 1.64 bits per heavy atom. The number of nitrogens with one attached hydrogen (secondary N) is 1. The van der Waals surface area contributed by atoms with Gasteiger partial charge in [-0.3, -0.25) is 5.10 Å². The quantitative estimate of drug-likeness (QED) is 0.814. The highest BCUT2D eigenvalue weighted by molar-refractivity contribution is 7.71. The van der Waals surface area contributed by atoms with E-state index in [9.17, 15) is 0 Å². The molecular formula is C8H10N4S2. The Labute approximate surface area is 90.6 Å². The topological polar surface area (TPSA) is 46.5 Å². The number of thiazole rings is 1. The molecule has 1 N–H and O–H groups in total. The fourth-order valence-corrected chi connectivity index (χ4v) is 2.12. The minimum absolute atomic E-state index is 0.665. The number of aryl methyl sites for hydroxylation is 3. The predicted molar refractivity (Wildman–Crippen MR) is 58.0 cm³/mol. The summed E-state index contributed by atoms with van der Waals surface area (Å²) < 4.78 is 2.57. The number of aromatic amines is 1. The number of hydrogen-bond donors (Lipinski definition) is 1. The lowest BCUT2D eigenvalue weighted by Crippen LogP contribution is -1.99. The third-order valence-electron chi connectivity index (χ3n) is 1.85. The first-order valence-corrected chi connectivity index (χ1v) is 5.55. The maximum Gasteiger partial charge on any atom is 0.194 e. The van der Waals surface area contributed by atoms with E-state index in [2.05, 4.69) is 20.6 Å². The molecule has 0 spiro atoms. The predicted octanol–water partition coefficient (Wildman–Crippen LogP) is 1.95. The van der Waals surface area contributed by atoms with Gasteiger partial charge < -0.3 is 4.57 Å². The van der Waals surface area contributed by atoms with Crippen LogP contribution in [-0.4, -0.2) is 19.7 Å². The number of H-pyrrole nitrogens is 1. The van der Waals surface area contributed by atoms with Crippen molar-refractivity contribution >= 4 is 23.6 Å². The summed E-state index contributed by atoms with van der Waals surface area (Å²) in [5.41, 5.74) is 1.08. The van der Waals surface area contributed by atoms with E-state index in [-0.39, 0.29) is 0 Å². The van der Waals surface area contributed by atoms with E-state index in [1.165, 1.54) is 0 Å². The fraction of sp³-hybridized carbons (Fsp3) is 0.375. The summed E-state index contributed by atoms with van der Waals surface area (Å²) in [5.74, 6) is 0. The molecule has 0 bridgehead atoms. The minimum Gasteiger partial charge on any atom is -0.306 e. The van der Waals surface area contributed by atoms with Gasteiger partial charge >= 0.3 is 0 Å². The van der Waals surface area contributed by atoms with Crippen LogP contribution in [0.15, 0.2) is 11.7 Å². The van der Waals surface area contributed by atoms with Crippen molar-refractivity contribution in [2.45, 2.75) is 19.9 Å². The molecule has 0 aliphatic heterocycles. The van der Waals surface area contributed by atoms with Gasteiger partial charge in [-0.2, -0.15) is 5.10 Å². The fourth-order valence-electron chi connectivity index (χ4n) is 1.16. The summed E-state index contributed by atoms with van der Waals surface area (Å²) in [6.07, 6.45) is 2.62. The van der Waals surface area contributed by atoms with Crippen LogP contribution in [-0.2, 0) is 13.0 Å². The molecule has 0 atom stereocenters. The van der Waals surface area contributed by atoms with Crippen molar-refractivity contribution in [3.8, 4) is 0 Å². The van der Waals surface area contributed by atoms with Gasteiger partial charge in [0.25, 0.3) is 0 Å². The normalized spacial score (nSPS) is 10.6.